The molecule has 0 aliphatic heterocycles. The van der Waals surface area contributed by atoms with E-state index in [9.17, 15) is 4.79 Å². The summed E-state index contributed by atoms with van der Waals surface area (Å²) in [5.41, 5.74) is 3.39. The summed E-state index contributed by atoms with van der Waals surface area (Å²) >= 11 is 1.46. The van der Waals surface area contributed by atoms with E-state index in [-0.39, 0.29) is 5.91 Å². The highest BCUT2D eigenvalue weighted by Crippen LogP contribution is 2.42. The first kappa shape index (κ1) is 24.3. The number of nitrogens with one attached hydrogen (secondary N) is 1. The molecule has 3 aromatic rings. The van der Waals surface area contributed by atoms with Crippen molar-refractivity contribution in [1.82, 2.24) is 15.7 Å². The Kier molecular flexibility index (Phi) is 8.85. The second-order valence-corrected chi connectivity index (χ2v) is 8.02. The lowest BCUT2D eigenvalue weighted by molar-refractivity contribution is -0.129. The van der Waals surface area contributed by atoms with E-state index in [1.807, 2.05) is 36.4 Å². The van der Waals surface area contributed by atoms with E-state index in [1.54, 1.807) is 26.8 Å². The molecule has 1 heterocycles. The zero-order chi connectivity index (χ0) is 23.6. The smallest absolute Gasteiger partial charge is 0.243 e. The van der Waals surface area contributed by atoms with Gasteiger partial charge < -0.3 is 18.9 Å². The zero-order valence-corrected chi connectivity index (χ0v) is 19.6. The standard InChI is InChI=1S/C23H27N3O6S/c1-29-18-13-16(14-19(30-2)21(18)31-3)23-25-24-22(33-23)15-8-10-17(11-9-15)32-12-6-4-5-7-20(27)26-28/h8-11,13-14,28H,4-7,12H2,1-3H3,(H,26,27). The fraction of sp³-hybridized carbons (Fsp3) is 0.348. The third kappa shape index (κ3) is 6.33. The first-order chi connectivity index (χ1) is 16.1. The highest BCUT2D eigenvalue weighted by atomic mass is 32.1. The average molecular weight is 474 g/mol. The summed E-state index contributed by atoms with van der Waals surface area (Å²) in [4.78, 5) is 11.0. The van der Waals surface area contributed by atoms with Gasteiger partial charge in [-0.15, -0.1) is 10.2 Å². The summed E-state index contributed by atoms with van der Waals surface area (Å²) in [6.45, 7) is 0.560. The highest BCUT2D eigenvalue weighted by molar-refractivity contribution is 7.17. The number of amides is 1. The lowest BCUT2D eigenvalue weighted by atomic mass is 10.2. The molecule has 9 nitrogen and oxygen atoms in total. The van der Waals surface area contributed by atoms with Gasteiger partial charge >= 0.3 is 0 Å². The van der Waals surface area contributed by atoms with Crippen molar-refractivity contribution in [1.29, 1.82) is 0 Å². The fourth-order valence-corrected chi connectivity index (χ4v) is 4.00. The van der Waals surface area contributed by atoms with Gasteiger partial charge in [-0.1, -0.05) is 11.3 Å². The van der Waals surface area contributed by atoms with E-state index < -0.39 is 0 Å². The van der Waals surface area contributed by atoms with Gasteiger partial charge in [0.25, 0.3) is 0 Å². The number of benzene rings is 2. The molecule has 176 valence electrons. The fourth-order valence-electron chi connectivity index (χ4n) is 3.17. The maximum absolute atomic E-state index is 11.0. The molecule has 0 aliphatic carbocycles. The van der Waals surface area contributed by atoms with Crippen LogP contribution in [0.2, 0.25) is 0 Å². The maximum Gasteiger partial charge on any atom is 0.243 e. The number of carbonyl (C=O) groups excluding carboxylic acids is 1. The predicted molar refractivity (Wildman–Crippen MR) is 124 cm³/mol. The van der Waals surface area contributed by atoms with Gasteiger partial charge in [-0.3, -0.25) is 10.0 Å². The Morgan fingerprint density at radius 2 is 1.55 bits per heavy atom. The van der Waals surface area contributed by atoms with Crippen LogP contribution in [0.1, 0.15) is 25.7 Å². The van der Waals surface area contributed by atoms with Gasteiger partial charge in [-0.25, -0.2) is 5.48 Å². The highest BCUT2D eigenvalue weighted by Gasteiger charge is 2.17. The summed E-state index contributed by atoms with van der Waals surface area (Å²) < 4.78 is 22.0. The van der Waals surface area contributed by atoms with E-state index in [1.165, 1.54) is 11.3 Å². The van der Waals surface area contributed by atoms with Crippen molar-refractivity contribution >= 4 is 17.2 Å². The minimum atomic E-state index is -0.364. The number of carbonyl (C=O) groups is 1. The lowest BCUT2D eigenvalue weighted by Gasteiger charge is -2.13. The van der Waals surface area contributed by atoms with E-state index in [0.29, 0.717) is 36.7 Å². The Labute approximate surface area is 196 Å². The number of hydrogen-bond acceptors (Lipinski definition) is 9. The van der Waals surface area contributed by atoms with Crippen LogP contribution in [0.15, 0.2) is 36.4 Å². The third-order valence-corrected chi connectivity index (χ3v) is 5.90. The van der Waals surface area contributed by atoms with Crippen LogP contribution in [-0.4, -0.2) is 49.2 Å². The Balaban J connectivity index is 1.61. The maximum atomic E-state index is 11.0. The van der Waals surface area contributed by atoms with Crippen molar-refractivity contribution in [3.8, 4) is 44.1 Å². The van der Waals surface area contributed by atoms with Crippen LogP contribution in [0, 0.1) is 0 Å². The number of hydrogen-bond donors (Lipinski definition) is 2. The van der Waals surface area contributed by atoms with Crippen LogP contribution in [0.5, 0.6) is 23.0 Å². The van der Waals surface area contributed by atoms with Crippen molar-refractivity contribution in [2.75, 3.05) is 27.9 Å². The molecule has 0 spiro atoms. The van der Waals surface area contributed by atoms with Gasteiger partial charge in [-0.05, 0) is 55.7 Å². The number of aromatic nitrogens is 2. The van der Waals surface area contributed by atoms with Crippen LogP contribution in [0.25, 0.3) is 21.1 Å². The molecule has 0 atom stereocenters. The minimum Gasteiger partial charge on any atom is -0.494 e. The quantitative estimate of drug-likeness (QED) is 0.227. The van der Waals surface area contributed by atoms with E-state index in [2.05, 4.69) is 10.2 Å². The van der Waals surface area contributed by atoms with Crippen LogP contribution >= 0.6 is 11.3 Å². The van der Waals surface area contributed by atoms with Gasteiger partial charge in [0.2, 0.25) is 11.7 Å². The van der Waals surface area contributed by atoms with Crippen molar-refractivity contribution in [3.63, 3.8) is 0 Å². The van der Waals surface area contributed by atoms with Crippen LogP contribution < -0.4 is 24.4 Å². The SMILES string of the molecule is COc1cc(-c2nnc(-c3ccc(OCCCCCC(=O)NO)cc3)s2)cc(OC)c1OC. The average Bonchev–Trinajstić information content (AvgIpc) is 3.35. The Morgan fingerprint density at radius 1 is 0.909 bits per heavy atom. The number of ether oxygens (including phenoxy) is 4. The monoisotopic (exact) mass is 473 g/mol. The molecule has 1 amide bonds. The molecule has 0 bridgehead atoms. The Hall–Kier alpha value is -3.37. The molecule has 10 heteroatoms. The molecule has 0 unspecified atom stereocenters. The summed E-state index contributed by atoms with van der Waals surface area (Å²) in [6, 6.07) is 11.4. The Morgan fingerprint density at radius 3 is 2.12 bits per heavy atom. The van der Waals surface area contributed by atoms with Crippen molar-refractivity contribution < 1.29 is 28.9 Å². The molecule has 0 radical (unpaired) electrons. The number of nitrogens with zero attached hydrogens (tertiary/aromatic N) is 2. The molecule has 0 saturated carbocycles. The molecule has 1 aromatic heterocycles. The van der Waals surface area contributed by atoms with Gasteiger partial charge in [0, 0.05) is 17.5 Å². The molecular weight excluding hydrogens is 446 g/mol. The second-order valence-electron chi connectivity index (χ2n) is 7.04. The first-order valence-electron chi connectivity index (χ1n) is 10.4. The lowest BCUT2D eigenvalue weighted by Crippen LogP contribution is -2.17. The second kappa shape index (κ2) is 12.0. The largest absolute Gasteiger partial charge is 0.494 e. The van der Waals surface area contributed by atoms with E-state index in [4.69, 9.17) is 24.2 Å². The minimum absolute atomic E-state index is 0.311. The molecule has 0 aliphatic rings. The predicted octanol–water partition coefficient (Wildman–Crippen LogP) is 4.34. The van der Waals surface area contributed by atoms with Crippen molar-refractivity contribution in [2.24, 2.45) is 0 Å². The van der Waals surface area contributed by atoms with Gasteiger partial charge in [-0.2, -0.15) is 0 Å². The molecule has 2 N–H and O–H groups in total. The normalized spacial score (nSPS) is 10.5. The summed E-state index contributed by atoms with van der Waals surface area (Å²) in [5.74, 6) is 2.04. The molecule has 0 fully saturated rings. The van der Waals surface area contributed by atoms with E-state index >= 15 is 0 Å². The van der Waals surface area contributed by atoms with Crippen LogP contribution in [0.4, 0.5) is 0 Å². The van der Waals surface area contributed by atoms with E-state index in [0.717, 1.165) is 39.7 Å². The van der Waals surface area contributed by atoms with Gasteiger partial charge in [0.1, 0.15) is 15.8 Å². The topological polar surface area (TPSA) is 112 Å². The summed E-state index contributed by atoms with van der Waals surface area (Å²) in [5, 5.41) is 18.6. The van der Waals surface area contributed by atoms with Gasteiger partial charge in [0.05, 0.1) is 27.9 Å². The zero-order valence-electron chi connectivity index (χ0n) is 18.8. The number of hydroxylamine groups is 1. The molecule has 33 heavy (non-hydrogen) atoms. The van der Waals surface area contributed by atoms with Crippen LogP contribution in [0.3, 0.4) is 0 Å². The third-order valence-electron chi connectivity index (χ3n) is 4.88. The molecule has 3 rings (SSSR count). The van der Waals surface area contributed by atoms with Gasteiger partial charge in [0.15, 0.2) is 11.5 Å². The molecule has 2 aromatic carbocycles. The van der Waals surface area contributed by atoms with Crippen LogP contribution in [-0.2, 0) is 4.79 Å². The Bertz CT molecular complexity index is 1030. The summed E-state index contributed by atoms with van der Waals surface area (Å²) in [6.07, 6.45) is 2.69. The first-order valence-corrected chi connectivity index (χ1v) is 11.2. The molecule has 0 saturated heterocycles. The number of unbranched alkanes of at least 4 members (excludes halogenated alkanes) is 2. The number of methoxy groups -OCH3 is 3. The van der Waals surface area contributed by atoms with Crippen molar-refractivity contribution in [3.05, 3.63) is 36.4 Å². The number of rotatable bonds is 12. The molecular formula is C23H27N3O6S. The van der Waals surface area contributed by atoms with Crippen molar-refractivity contribution in [2.45, 2.75) is 25.7 Å². The summed E-state index contributed by atoms with van der Waals surface area (Å²) in [7, 11) is 4.72.